The summed E-state index contributed by atoms with van der Waals surface area (Å²) in [6.07, 6.45) is 2.53. The second kappa shape index (κ2) is 16.7. The summed E-state index contributed by atoms with van der Waals surface area (Å²) in [5.41, 5.74) is 3.67. The van der Waals surface area contributed by atoms with Gasteiger partial charge in [0.1, 0.15) is 55.1 Å². The zero-order valence-corrected chi connectivity index (χ0v) is 27.2. The first-order valence-corrected chi connectivity index (χ1v) is 16.1. The number of phenols is 1. The van der Waals surface area contributed by atoms with Crippen LogP contribution >= 0.6 is 0 Å². The number of benzene rings is 6. The van der Waals surface area contributed by atoms with E-state index in [9.17, 15) is 9.90 Å². The highest BCUT2D eigenvalue weighted by atomic mass is 19.1. The molecule has 0 saturated carbocycles. The van der Waals surface area contributed by atoms with E-state index in [1.54, 1.807) is 6.07 Å². The van der Waals surface area contributed by atoms with Crippen molar-refractivity contribution in [1.29, 1.82) is 0 Å². The zero-order chi connectivity index (χ0) is 34.5. The Hall–Kier alpha value is -6.34. The van der Waals surface area contributed by atoms with Crippen molar-refractivity contribution in [3.05, 3.63) is 191 Å². The van der Waals surface area contributed by atoms with Crippen LogP contribution in [0.5, 0.6) is 28.7 Å². The first kappa shape index (κ1) is 33.6. The van der Waals surface area contributed by atoms with Crippen LogP contribution < -0.4 is 18.9 Å². The fourth-order valence-electron chi connectivity index (χ4n) is 5.12. The van der Waals surface area contributed by atoms with E-state index in [-0.39, 0.29) is 54.8 Å². The average molecular weight is 667 g/mol. The summed E-state index contributed by atoms with van der Waals surface area (Å²) in [5, 5.41) is 11.1. The molecule has 6 nitrogen and oxygen atoms in total. The van der Waals surface area contributed by atoms with Crippen LogP contribution in [0.3, 0.4) is 0 Å². The number of halogens is 1. The molecule has 250 valence electrons. The Morgan fingerprint density at radius 3 is 1.44 bits per heavy atom. The minimum absolute atomic E-state index is 0.0759. The molecular weight excluding hydrogens is 631 g/mol. The van der Waals surface area contributed by atoms with E-state index in [1.807, 2.05) is 121 Å². The Labute approximate surface area is 290 Å². The predicted molar refractivity (Wildman–Crippen MR) is 191 cm³/mol. The lowest BCUT2D eigenvalue weighted by atomic mass is 10.1. The second-order valence-corrected chi connectivity index (χ2v) is 11.4. The van der Waals surface area contributed by atoms with Crippen molar-refractivity contribution in [3.8, 4) is 28.7 Å². The van der Waals surface area contributed by atoms with Gasteiger partial charge in [0, 0.05) is 23.8 Å². The summed E-state index contributed by atoms with van der Waals surface area (Å²) in [4.78, 5) is 13.6. The van der Waals surface area contributed by atoms with Crippen LogP contribution in [0.15, 0.2) is 152 Å². The molecule has 0 aliphatic rings. The first-order valence-electron chi connectivity index (χ1n) is 16.1. The fourth-order valence-corrected chi connectivity index (χ4v) is 5.12. The van der Waals surface area contributed by atoms with Crippen LogP contribution in [0.1, 0.15) is 38.2 Å². The van der Waals surface area contributed by atoms with Gasteiger partial charge in [0.15, 0.2) is 17.3 Å². The highest BCUT2D eigenvalue weighted by molar-refractivity contribution is 6.10. The lowest BCUT2D eigenvalue weighted by molar-refractivity contribution is 0.104. The lowest BCUT2D eigenvalue weighted by Gasteiger charge is -2.15. The van der Waals surface area contributed by atoms with E-state index >= 15 is 4.39 Å². The second-order valence-electron chi connectivity index (χ2n) is 11.4. The first-order chi connectivity index (χ1) is 24.5. The molecule has 0 aromatic heterocycles. The van der Waals surface area contributed by atoms with Crippen LogP contribution in [0.2, 0.25) is 0 Å². The SMILES string of the molecule is O=C(C=Cc1cc(OCc2ccccc2)c(OCc2ccccc2)cc1F)c1c(O)cc(OCc2ccccc2)cc1OCc1ccccc1. The lowest BCUT2D eigenvalue weighted by Crippen LogP contribution is -2.05. The van der Waals surface area contributed by atoms with E-state index < -0.39 is 11.6 Å². The van der Waals surface area contributed by atoms with Gasteiger partial charge in [-0.2, -0.15) is 0 Å². The maximum absolute atomic E-state index is 15.5. The summed E-state index contributed by atoms with van der Waals surface area (Å²) in [6.45, 7) is 0.842. The van der Waals surface area contributed by atoms with E-state index in [4.69, 9.17) is 18.9 Å². The van der Waals surface area contributed by atoms with Crippen LogP contribution in [0.4, 0.5) is 4.39 Å². The highest BCUT2D eigenvalue weighted by Crippen LogP contribution is 2.36. The van der Waals surface area contributed by atoms with Crippen molar-refractivity contribution in [2.75, 3.05) is 0 Å². The standard InChI is InChI=1S/C43H35FO6/c44-37-26-41(49-29-33-17-9-3-10-18-33)40(48-28-32-15-7-2-8-16-32)23-35(37)21-22-38(45)43-39(46)24-36(47-27-31-13-5-1-6-14-31)25-42(43)50-30-34-19-11-4-12-20-34/h1-26,46H,27-30H2. The van der Waals surface area contributed by atoms with Gasteiger partial charge >= 0.3 is 0 Å². The molecule has 0 aliphatic carbocycles. The van der Waals surface area contributed by atoms with Crippen molar-refractivity contribution >= 4 is 11.9 Å². The van der Waals surface area contributed by atoms with Crippen LogP contribution in [0.25, 0.3) is 6.08 Å². The predicted octanol–water partition coefficient (Wildman–Crippen LogP) is 9.74. The van der Waals surface area contributed by atoms with Crippen molar-refractivity contribution in [2.24, 2.45) is 0 Å². The van der Waals surface area contributed by atoms with Crippen molar-refractivity contribution in [2.45, 2.75) is 26.4 Å². The number of ketones is 1. The van der Waals surface area contributed by atoms with Crippen molar-refractivity contribution in [3.63, 3.8) is 0 Å². The smallest absolute Gasteiger partial charge is 0.193 e. The molecule has 0 radical (unpaired) electrons. The summed E-state index contributed by atoms with van der Waals surface area (Å²) >= 11 is 0. The average Bonchev–Trinajstić information content (AvgIpc) is 3.16. The van der Waals surface area contributed by atoms with Gasteiger partial charge in [0.05, 0.1) is 0 Å². The molecule has 1 N–H and O–H groups in total. The summed E-state index contributed by atoms with van der Waals surface area (Å²) in [7, 11) is 0. The molecular formula is C43H35FO6. The Balaban J connectivity index is 1.26. The van der Waals surface area contributed by atoms with Gasteiger partial charge < -0.3 is 24.1 Å². The number of hydrogen-bond donors (Lipinski definition) is 1. The third-order valence-corrected chi connectivity index (χ3v) is 7.74. The number of hydrogen-bond acceptors (Lipinski definition) is 6. The molecule has 6 rings (SSSR count). The third kappa shape index (κ3) is 9.17. The Kier molecular flexibility index (Phi) is 11.2. The van der Waals surface area contributed by atoms with E-state index in [2.05, 4.69) is 0 Å². The topological polar surface area (TPSA) is 74.2 Å². The van der Waals surface area contributed by atoms with Crippen molar-refractivity contribution in [1.82, 2.24) is 0 Å². The van der Waals surface area contributed by atoms with Gasteiger partial charge in [0.2, 0.25) is 0 Å². The molecule has 0 unspecified atom stereocenters. The number of allylic oxidation sites excluding steroid dienone is 1. The minimum atomic E-state index is -0.612. The number of carbonyl (C=O) groups is 1. The Morgan fingerprint density at radius 1 is 0.540 bits per heavy atom. The van der Waals surface area contributed by atoms with Crippen molar-refractivity contribution < 1.29 is 33.2 Å². The number of carbonyl (C=O) groups excluding carboxylic acids is 1. The number of rotatable bonds is 15. The number of aromatic hydroxyl groups is 1. The molecule has 0 aliphatic heterocycles. The highest BCUT2D eigenvalue weighted by Gasteiger charge is 2.20. The number of ether oxygens (including phenoxy) is 4. The zero-order valence-electron chi connectivity index (χ0n) is 27.2. The molecule has 0 amide bonds. The van der Waals surface area contributed by atoms with Gasteiger partial charge in [-0.25, -0.2) is 4.39 Å². The largest absolute Gasteiger partial charge is 0.507 e. The number of phenolic OH excluding ortho intramolecular Hbond substituents is 1. The van der Waals surface area contributed by atoms with Crippen LogP contribution in [-0.4, -0.2) is 10.9 Å². The summed E-state index contributed by atoms with van der Waals surface area (Å²) < 4.78 is 39.6. The van der Waals surface area contributed by atoms with Crippen LogP contribution in [-0.2, 0) is 26.4 Å². The normalized spacial score (nSPS) is 10.9. The molecule has 6 aromatic rings. The fraction of sp³-hybridized carbons (Fsp3) is 0.0930. The molecule has 0 fully saturated rings. The molecule has 0 bridgehead atoms. The molecule has 0 spiro atoms. The van der Waals surface area contributed by atoms with Gasteiger partial charge in [-0.05, 0) is 40.5 Å². The Bertz CT molecular complexity index is 2030. The van der Waals surface area contributed by atoms with Crippen LogP contribution in [0, 0.1) is 5.82 Å². The summed E-state index contributed by atoms with van der Waals surface area (Å²) in [5.74, 6) is -0.533. The molecule has 50 heavy (non-hydrogen) atoms. The summed E-state index contributed by atoms with van der Waals surface area (Å²) in [6, 6.07) is 43.8. The van der Waals surface area contributed by atoms with E-state index in [0.717, 1.165) is 22.3 Å². The monoisotopic (exact) mass is 666 g/mol. The molecule has 7 heteroatoms. The molecule has 6 aromatic carbocycles. The quantitative estimate of drug-likeness (QED) is 0.0869. The minimum Gasteiger partial charge on any atom is -0.507 e. The Morgan fingerprint density at radius 2 is 0.960 bits per heavy atom. The van der Waals surface area contributed by atoms with Gasteiger partial charge in [-0.3, -0.25) is 4.79 Å². The molecule has 0 atom stereocenters. The van der Waals surface area contributed by atoms with E-state index in [1.165, 1.54) is 30.4 Å². The molecule has 0 heterocycles. The van der Waals surface area contributed by atoms with E-state index in [0.29, 0.717) is 11.5 Å². The molecule has 0 saturated heterocycles. The third-order valence-electron chi connectivity index (χ3n) is 7.74. The van der Waals surface area contributed by atoms with Gasteiger partial charge in [-0.1, -0.05) is 121 Å². The maximum Gasteiger partial charge on any atom is 0.193 e. The van der Waals surface area contributed by atoms with Gasteiger partial charge in [0.25, 0.3) is 0 Å². The maximum atomic E-state index is 15.5. The van der Waals surface area contributed by atoms with Gasteiger partial charge in [-0.15, -0.1) is 0 Å².